The van der Waals surface area contributed by atoms with Crippen molar-refractivity contribution in [3.05, 3.63) is 72.2 Å². The zero-order valence-electron chi connectivity index (χ0n) is 15.9. The molecule has 3 aromatic rings. The number of hydrogen-bond donors (Lipinski definition) is 1. The van der Waals surface area contributed by atoms with E-state index >= 15 is 0 Å². The molecule has 1 aliphatic rings. The molecule has 0 radical (unpaired) electrons. The van der Waals surface area contributed by atoms with E-state index < -0.39 is 23.8 Å². The quantitative estimate of drug-likeness (QED) is 0.666. The van der Waals surface area contributed by atoms with E-state index in [0.29, 0.717) is 11.4 Å². The Morgan fingerprint density at radius 3 is 2.63 bits per heavy atom. The van der Waals surface area contributed by atoms with Gasteiger partial charge in [-0.2, -0.15) is 0 Å². The molecule has 30 heavy (non-hydrogen) atoms. The van der Waals surface area contributed by atoms with E-state index in [4.69, 9.17) is 9.15 Å². The molecular formula is C22H17FN2O5. The number of anilines is 2. The minimum atomic E-state index is -1.17. The van der Waals surface area contributed by atoms with Crippen LogP contribution in [0.25, 0.3) is 11.3 Å². The van der Waals surface area contributed by atoms with Crippen molar-refractivity contribution < 1.29 is 27.9 Å². The predicted molar refractivity (Wildman–Crippen MR) is 106 cm³/mol. The molecule has 0 bridgehead atoms. The van der Waals surface area contributed by atoms with Crippen LogP contribution in [0.3, 0.4) is 0 Å². The molecule has 0 aliphatic carbocycles. The number of furan rings is 1. The Kier molecular flexibility index (Phi) is 5.05. The van der Waals surface area contributed by atoms with Gasteiger partial charge in [0.1, 0.15) is 18.1 Å². The molecule has 0 fully saturated rings. The minimum absolute atomic E-state index is 0.162. The van der Waals surface area contributed by atoms with E-state index in [1.54, 1.807) is 36.4 Å². The second-order valence-electron chi connectivity index (χ2n) is 6.68. The first kappa shape index (κ1) is 19.4. The number of amides is 2. The Balaban J connectivity index is 1.49. The average Bonchev–Trinajstić information content (AvgIpc) is 3.23. The number of hydrogen-bond acceptors (Lipinski definition) is 5. The molecule has 0 unspecified atom stereocenters. The van der Waals surface area contributed by atoms with Crippen LogP contribution >= 0.6 is 0 Å². The van der Waals surface area contributed by atoms with Gasteiger partial charge in [0.05, 0.1) is 16.9 Å². The third kappa shape index (κ3) is 3.67. The van der Waals surface area contributed by atoms with Crippen molar-refractivity contribution in [3.8, 4) is 11.3 Å². The fourth-order valence-electron chi connectivity index (χ4n) is 3.17. The molecule has 1 aliphatic heterocycles. The Bertz CT molecular complexity index is 1140. The molecular weight excluding hydrogens is 391 g/mol. The predicted octanol–water partition coefficient (Wildman–Crippen LogP) is 3.62. The van der Waals surface area contributed by atoms with E-state index in [1.165, 1.54) is 36.1 Å². The first-order valence-corrected chi connectivity index (χ1v) is 9.20. The van der Waals surface area contributed by atoms with E-state index in [-0.39, 0.29) is 29.5 Å². The first-order valence-electron chi connectivity index (χ1n) is 9.20. The number of carbonyl (C=O) groups excluding carboxylic acids is 3. The highest BCUT2D eigenvalue weighted by atomic mass is 19.1. The van der Waals surface area contributed by atoms with Crippen LogP contribution < -0.4 is 10.2 Å². The highest BCUT2D eigenvalue weighted by Gasteiger charge is 2.32. The number of benzene rings is 2. The Hall–Kier alpha value is -3.94. The second kappa shape index (κ2) is 7.82. The maximum absolute atomic E-state index is 13.9. The number of esters is 1. The van der Waals surface area contributed by atoms with Gasteiger partial charge in [-0.15, -0.1) is 0 Å². The molecule has 7 nitrogen and oxygen atoms in total. The Morgan fingerprint density at radius 2 is 1.83 bits per heavy atom. The molecule has 2 heterocycles. The molecule has 2 aromatic carbocycles. The summed E-state index contributed by atoms with van der Waals surface area (Å²) in [5.74, 6) is -2.25. The van der Waals surface area contributed by atoms with Gasteiger partial charge in [-0.3, -0.25) is 14.5 Å². The van der Waals surface area contributed by atoms with E-state index in [0.717, 1.165) is 0 Å². The standard InChI is InChI=1S/C22H17FN2O5/c1-13(21(27)25-12-20(26)24-16-8-4-5-9-17(16)25)29-22(28)19-11-10-18(30-19)14-6-2-3-7-15(14)23/h2-11,13H,12H2,1H3,(H,24,26)/t13-/m0/s1. The van der Waals surface area contributed by atoms with Crippen LogP contribution in [-0.4, -0.2) is 30.4 Å². The molecule has 1 aromatic heterocycles. The van der Waals surface area contributed by atoms with E-state index in [2.05, 4.69) is 5.32 Å². The minimum Gasteiger partial charge on any atom is -0.449 e. The maximum atomic E-state index is 13.9. The van der Waals surface area contributed by atoms with Crippen LogP contribution in [0.15, 0.2) is 65.1 Å². The zero-order chi connectivity index (χ0) is 21.3. The monoisotopic (exact) mass is 408 g/mol. The fraction of sp³-hybridized carbons (Fsp3) is 0.136. The second-order valence-corrected chi connectivity index (χ2v) is 6.68. The van der Waals surface area contributed by atoms with E-state index in [9.17, 15) is 18.8 Å². The number of fused-ring (bicyclic) bond motifs is 1. The lowest BCUT2D eigenvalue weighted by molar-refractivity contribution is -0.128. The van der Waals surface area contributed by atoms with Crippen molar-refractivity contribution >= 4 is 29.2 Å². The third-order valence-electron chi connectivity index (χ3n) is 4.61. The molecule has 2 amide bonds. The van der Waals surface area contributed by atoms with Gasteiger partial charge >= 0.3 is 5.97 Å². The Labute approximate surface area is 171 Å². The lowest BCUT2D eigenvalue weighted by Gasteiger charge is -2.30. The summed E-state index contributed by atoms with van der Waals surface area (Å²) < 4.78 is 24.5. The number of carbonyl (C=O) groups is 3. The largest absolute Gasteiger partial charge is 0.449 e. The molecule has 0 saturated heterocycles. The lowest BCUT2D eigenvalue weighted by Crippen LogP contribution is -2.47. The van der Waals surface area contributed by atoms with Crippen molar-refractivity contribution in [2.75, 3.05) is 16.8 Å². The van der Waals surface area contributed by atoms with E-state index in [1.807, 2.05) is 0 Å². The zero-order valence-corrected chi connectivity index (χ0v) is 15.9. The highest BCUT2D eigenvalue weighted by molar-refractivity contribution is 6.11. The number of nitrogens with one attached hydrogen (secondary N) is 1. The molecule has 0 saturated carbocycles. The average molecular weight is 408 g/mol. The lowest BCUT2D eigenvalue weighted by atomic mass is 10.1. The smallest absolute Gasteiger partial charge is 0.375 e. The number of para-hydroxylation sites is 2. The van der Waals surface area contributed by atoms with Crippen molar-refractivity contribution in [1.29, 1.82) is 0 Å². The normalized spacial score (nSPS) is 13.9. The van der Waals surface area contributed by atoms with Gasteiger partial charge in [0.25, 0.3) is 5.91 Å². The van der Waals surface area contributed by atoms with Crippen molar-refractivity contribution in [2.45, 2.75) is 13.0 Å². The van der Waals surface area contributed by atoms with Crippen LogP contribution in [0.2, 0.25) is 0 Å². The summed E-state index contributed by atoms with van der Waals surface area (Å²) in [6.45, 7) is 1.23. The van der Waals surface area contributed by atoms with Crippen LogP contribution in [-0.2, 0) is 14.3 Å². The topological polar surface area (TPSA) is 88.8 Å². The SMILES string of the molecule is C[C@H](OC(=O)c1ccc(-c2ccccc2F)o1)C(=O)N1CC(=O)Nc2ccccc21. The van der Waals surface area contributed by atoms with Gasteiger partial charge in [-0.1, -0.05) is 24.3 Å². The van der Waals surface area contributed by atoms with Gasteiger partial charge in [-0.05, 0) is 43.3 Å². The summed E-state index contributed by atoms with van der Waals surface area (Å²) in [4.78, 5) is 38.4. The summed E-state index contributed by atoms with van der Waals surface area (Å²) in [5, 5.41) is 2.69. The van der Waals surface area contributed by atoms with Crippen LogP contribution in [0.1, 0.15) is 17.5 Å². The van der Waals surface area contributed by atoms with Gasteiger partial charge < -0.3 is 14.5 Å². The third-order valence-corrected chi connectivity index (χ3v) is 4.61. The first-order chi connectivity index (χ1) is 14.4. The summed E-state index contributed by atoms with van der Waals surface area (Å²) in [6.07, 6.45) is -1.17. The van der Waals surface area contributed by atoms with Crippen molar-refractivity contribution in [2.24, 2.45) is 0 Å². The summed E-state index contributed by atoms with van der Waals surface area (Å²) in [7, 11) is 0. The number of rotatable bonds is 4. The number of nitrogens with zero attached hydrogens (tertiary/aromatic N) is 1. The molecule has 4 rings (SSSR count). The summed E-state index contributed by atoms with van der Waals surface area (Å²) >= 11 is 0. The van der Waals surface area contributed by atoms with Crippen LogP contribution in [0, 0.1) is 5.82 Å². The van der Waals surface area contributed by atoms with Crippen molar-refractivity contribution in [1.82, 2.24) is 0 Å². The van der Waals surface area contributed by atoms with Gasteiger partial charge in [0.2, 0.25) is 11.7 Å². The molecule has 152 valence electrons. The maximum Gasteiger partial charge on any atom is 0.375 e. The fourth-order valence-corrected chi connectivity index (χ4v) is 3.17. The van der Waals surface area contributed by atoms with Crippen molar-refractivity contribution in [3.63, 3.8) is 0 Å². The Morgan fingerprint density at radius 1 is 1.10 bits per heavy atom. The molecule has 8 heteroatoms. The van der Waals surface area contributed by atoms with Gasteiger partial charge in [0.15, 0.2) is 6.10 Å². The number of halogens is 1. The van der Waals surface area contributed by atoms with Gasteiger partial charge in [-0.25, -0.2) is 9.18 Å². The van der Waals surface area contributed by atoms with Gasteiger partial charge in [0, 0.05) is 0 Å². The number of ether oxygens (including phenoxy) is 1. The molecule has 1 N–H and O–H groups in total. The summed E-state index contributed by atoms with van der Waals surface area (Å²) in [6, 6.07) is 15.6. The highest BCUT2D eigenvalue weighted by Crippen LogP contribution is 2.30. The molecule has 1 atom stereocenters. The van der Waals surface area contributed by atoms with Crippen LogP contribution in [0.4, 0.5) is 15.8 Å². The van der Waals surface area contributed by atoms with Crippen LogP contribution in [0.5, 0.6) is 0 Å². The summed E-state index contributed by atoms with van der Waals surface area (Å²) in [5.41, 5.74) is 1.22. The molecule has 0 spiro atoms.